The predicted molar refractivity (Wildman–Crippen MR) is 97.8 cm³/mol. The molecule has 2 aromatic rings. The third-order valence-corrected chi connectivity index (χ3v) is 4.83. The molecule has 0 aromatic heterocycles. The summed E-state index contributed by atoms with van der Waals surface area (Å²) in [6.07, 6.45) is 1.05. The second kappa shape index (κ2) is 7.14. The molecular weight excluding hydrogens is 300 g/mol. The van der Waals surface area contributed by atoms with Crippen molar-refractivity contribution in [3.8, 4) is 11.5 Å². The number of fused-ring (bicyclic) bond motifs is 1. The second-order valence-corrected chi connectivity index (χ2v) is 6.53. The van der Waals surface area contributed by atoms with Gasteiger partial charge in [-0.2, -0.15) is 0 Å². The third-order valence-electron chi connectivity index (χ3n) is 4.83. The molecule has 128 valence electrons. The zero-order chi connectivity index (χ0) is 17.1. The van der Waals surface area contributed by atoms with Crippen LogP contribution in [0.15, 0.2) is 36.4 Å². The molecule has 2 N–H and O–H groups in total. The first kappa shape index (κ1) is 16.7. The van der Waals surface area contributed by atoms with Crippen molar-refractivity contribution in [3.05, 3.63) is 53.1 Å². The first-order chi connectivity index (χ1) is 11.6. The summed E-state index contributed by atoms with van der Waals surface area (Å²) >= 11 is 0. The summed E-state index contributed by atoms with van der Waals surface area (Å²) in [5.74, 6) is 2.11. The van der Waals surface area contributed by atoms with Gasteiger partial charge in [-0.1, -0.05) is 19.1 Å². The van der Waals surface area contributed by atoms with E-state index in [1.807, 2.05) is 12.1 Å². The number of nitrogens with two attached hydrogens (primary N) is 1. The zero-order valence-electron chi connectivity index (χ0n) is 14.7. The monoisotopic (exact) mass is 326 g/mol. The molecule has 0 saturated carbocycles. The van der Waals surface area contributed by atoms with Crippen LogP contribution in [0.25, 0.3) is 0 Å². The molecule has 1 unspecified atom stereocenters. The van der Waals surface area contributed by atoms with Crippen molar-refractivity contribution in [3.63, 3.8) is 0 Å². The Hall–Kier alpha value is -2.20. The van der Waals surface area contributed by atoms with Gasteiger partial charge in [0.25, 0.3) is 0 Å². The number of benzene rings is 2. The first-order valence-electron chi connectivity index (χ1n) is 8.42. The summed E-state index contributed by atoms with van der Waals surface area (Å²) in [6.45, 7) is 5.34. The Morgan fingerprint density at radius 1 is 1.04 bits per heavy atom. The van der Waals surface area contributed by atoms with E-state index >= 15 is 0 Å². The standard InChI is InChI=1S/C20H26N2O2/c1-14(15-4-6-18(21)7-5-15)12-22-9-8-16-10-19(23-2)20(24-3)11-17(16)13-22/h4-7,10-11,14H,8-9,12-13,21H2,1-3H3. The molecule has 1 atom stereocenters. The average molecular weight is 326 g/mol. The van der Waals surface area contributed by atoms with Crippen LogP contribution in [0.5, 0.6) is 11.5 Å². The predicted octanol–water partition coefficient (Wildman–Crippen LogP) is 3.45. The van der Waals surface area contributed by atoms with E-state index in [1.54, 1.807) is 14.2 Å². The molecular formula is C20H26N2O2. The Balaban J connectivity index is 1.71. The lowest BCUT2D eigenvalue weighted by Gasteiger charge is -2.31. The lowest BCUT2D eigenvalue weighted by molar-refractivity contribution is 0.240. The summed E-state index contributed by atoms with van der Waals surface area (Å²) < 4.78 is 10.9. The number of hydrogen-bond acceptors (Lipinski definition) is 4. The minimum Gasteiger partial charge on any atom is -0.493 e. The highest BCUT2D eigenvalue weighted by atomic mass is 16.5. The van der Waals surface area contributed by atoms with Gasteiger partial charge in [-0.25, -0.2) is 0 Å². The maximum absolute atomic E-state index is 5.78. The lowest BCUT2D eigenvalue weighted by Crippen LogP contribution is -2.33. The van der Waals surface area contributed by atoms with E-state index in [1.165, 1.54) is 16.7 Å². The number of ether oxygens (including phenoxy) is 2. The van der Waals surface area contributed by atoms with E-state index in [0.717, 1.165) is 43.2 Å². The van der Waals surface area contributed by atoms with E-state index in [2.05, 4.69) is 36.1 Å². The Bertz CT molecular complexity index is 698. The van der Waals surface area contributed by atoms with Gasteiger partial charge in [0, 0.05) is 25.3 Å². The number of hydrogen-bond donors (Lipinski definition) is 1. The van der Waals surface area contributed by atoms with Crippen molar-refractivity contribution >= 4 is 5.69 Å². The molecule has 24 heavy (non-hydrogen) atoms. The van der Waals surface area contributed by atoms with Crippen molar-refractivity contribution in [2.24, 2.45) is 0 Å². The topological polar surface area (TPSA) is 47.7 Å². The molecule has 2 aromatic carbocycles. The fraction of sp³-hybridized carbons (Fsp3) is 0.400. The Labute approximate surface area is 144 Å². The van der Waals surface area contributed by atoms with E-state index in [9.17, 15) is 0 Å². The summed E-state index contributed by atoms with van der Waals surface area (Å²) in [4.78, 5) is 2.51. The van der Waals surface area contributed by atoms with Gasteiger partial charge in [0.05, 0.1) is 14.2 Å². The SMILES string of the molecule is COc1cc2c(cc1OC)CN(CC(C)c1ccc(N)cc1)CC2. The van der Waals surface area contributed by atoms with Gasteiger partial charge in [0.2, 0.25) is 0 Å². The smallest absolute Gasteiger partial charge is 0.161 e. The summed E-state index contributed by atoms with van der Waals surface area (Å²) in [7, 11) is 3.38. The van der Waals surface area contributed by atoms with Crippen LogP contribution in [0.1, 0.15) is 29.5 Å². The molecule has 1 aliphatic heterocycles. The van der Waals surface area contributed by atoms with Crippen LogP contribution in [0.2, 0.25) is 0 Å². The summed E-state index contributed by atoms with van der Waals surface area (Å²) in [5.41, 5.74) is 10.6. The van der Waals surface area contributed by atoms with Gasteiger partial charge in [-0.15, -0.1) is 0 Å². The van der Waals surface area contributed by atoms with Crippen molar-refractivity contribution < 1.29 is 9.47 Å². The number of nitrogens with zero attached hydrogens (tertiary/aromatic N) is 1. The molecule has 3 rings (SSSR count). The highest BCUT2D eigenvalue weighted by Gasteiger charge is 2.21. The van der Waals surface area contributed by atoms with Crippen LogP contribution in [-0.4, -0.2) is 32.2 Å². The Morgan fingerprint density at radius 3 is 2.29 bits per heavy atom. The number of nitrogen functional groups attached to an aromatic ring is 1. The first-order valence-corrected chi connectivity index (χ1v) is 8.42. The molecule has 4 nitrogen and oxygen atoms in total. The van der Waals surface area contributed by atoms with Crippen molar-refractivity contribution in [1.29, 1.82) is 0 Å². The minimum absolute atomic E-state index is 0.479. The quantitative estimate of drug-likeness (QED) is 0.855. The Morgan fingerprint density at radius 2 is 1.67 bits per heavy atom. The highest BCUT2D eigenvalue weighted by Crippen LogP contribution is 2.33. The fourth-order valence-corrected chi connectivity index (χ4v) is 3.41. The molecule has 0 amide bonds. The molecule has 1 heterocycles. The van der Waals surface area contributed by atoms with Crippen LogP contribution in [0.4, 0.5) is 5.69 Å². The largest absolute Gasteiger partial charge is 0.493 e. The Kier molecular flexibility index (Phi) is 4.95. The summed E-state index contributed by atoms with van der Waals surface area (Å²) in [6, 6.07) is 12.5. The van der Waals surface area contributed by atoms with E-state index in [0.29, 0.717) is 5.92 Å². The van der Waals surface area contributed by atoms with E-state index in [4.69, 9.17) is 15.2 Å². The van der Waals surface area contributed by atoms with Gasteiger partial charge in [0.15, 0.2) is 11.5 Å². The van der Waals surface area contributed by atoms with Crippen LogP contribution in [-0.2, 0) is 13.0 Å². The normalized spacial score (nSPS) is 15.6. The van der Waals surface area contributed by atoms with Crippen molar-refractivity contribution in [2.75, 3.05) is 33.0 Å². The molecule has 1 aliphatic rings. The van der Waals surface area contributed by atoms with Gasteiger partial charge < -0.3 is 15.2 Å². The van der Waals surface area contributed by atoms with Gasteiger partial charge >= 0.3 is 0 Å². The lowest BCUT2D eigenvalue weighted by atomic mass is 9.96. The highest BCUT2D eigenvalue weighted by molar-refractivity contribution is 5.48. The van der Waals surface area contributed by atoms with E-state index in [-0.39, 0.29) is 0 Å². The third kappa shape index (κ3) is 3.49. The minimum atomic E-state index is 0.479. The fourth-order valence-electron chi connectivity index (χ4n) is 3.41. The molecule has 0 radical (unpaired) electrons. The second-order valence-electron chi connectivity index (χ2n) is 6.53. The number of rotatable bonds is 5. The maximum atomic E-state index is 5.78. The van der Waals surface area contributed by atoms with Crippen LogP contribution in [0.3, 0.4) is 0 Å². The number of anilines is 1. The van der Waals surface area contributed by atoms with Crippen LogP contribution in [0, 0.1) is 0 Å². The van der Waals surface area contributed by atoms with Gasteiger partial charge in [-0.05, 0) is 53.3 Å². The van der Waals surface area contributed by atoms with E-state index < -0.39 is 0 Å². The number of methoxy groups -OCH3 is 2. The van der Waals surface area contributed by atoms with Gasteiger partial charge in [-0.3, -0.25) is 4.90 Å². The molecule has 0 fully saturated rings. The molecule has 0 spiro atoms. The average Bonchev–Trinajstić information content (AvgIpc) is 2.60. The molecule has 4 heteroatoms. The molecule has 0 saturated heterocycles. The van der Waals surface area contributed by atoms with Crippen molar-refractivity contribution in [2.45, 2.75) is 25.8 Å². The van der Waals surface area contributed by atoms with Crippen LogP contribution >= 0.6 is 0 Å². The summed E-state index contributed by atoms with van der Waals surface area (Å²) in [5, 5.41) is 0. The van der Waals surface area contributed by atoms with Gasteiger partial charge in [0.1, 0.15) is 0 Å². The molecule has 0 bridgehead atoms. The van der Waals surface area contributed by atoms with Crippen LogP contribution < -0.4 is 15.2 Å². The van der Waals surface area contributed by atoms with Crippen molar-refractivity contribution in [1.82, 2.24) is 4.90 Å². The zero-order valence-corrected chi connectivity index (χ0v) is 14.7. The molecule has 0 aliphatic carbocycles. The maximum Gasteiger partial charge on any atom is 0.161 e.